The average Bonchev–Trinajstić information content (AvgIpc) is 3.67. The van der Waals surface area contributed by atoms with E-state index in [9.17, 15) is 19.2 Å². The van der Waals surface area contributed by atoms with E-state index < -0.39 is 0 Å². The number of thiophene rings is 4. The molecule has 4 aromatic heterocycles. The fourth-order valence-corrected chi connectivity index (χ4v) is 9.24. The topological polar surface area (TPSA) is 74.8 Å². The SMILES string of the molecule is CCCCN1C(=O)c2cc(-c3cc4sc(-c5cc6c(s5)C(=O)N(CCCC)C6=O)cc4s3)sc2C1=O. The Bertz CT molecular complexity index is 1360. The molecule has 4 aromatic rings. The van der Waals surface area contributed by atoms with E-state index in [1.54, 1.807) is 22.7 Å². The van der Waals surface area contributed by atoms with Crippen molar-refractivity contribution in [2.24, 2.45) is 0 Å². The van der Waals surface area contributed by atoms with Crippen molar-refractivity contribution in [3.05, 3.63) is 45.1 Å². The summed E-state index contributed by atoms with van der Waals surface area (Å²) in [7, 11) is 0. The predicted molar refractivity (Wildman–Crippen MR) is 147 cm³/mol. The van der Waals surface area contributed by atoms with Gasteiger partial charge >= 0.3 is 0 Å². The van der Waals surface area contributed by atoms with Gasteiger partial charge in [-0.15, -0.1) is 45.3 Å². The van der Waals surface area contributed by atoms with Crippen LogP contribution in [0.1, 0.15) is 79.6 Å². The molecule has 0 N–H and O–H groups in total. The summed E-state index contributed by atoms with van der Waals surface area (Å²) in [6.45, 7) is 5.03. The van der Waals surface area contributed by atoms with Crippen LogP contribution in [-0.2, 0) is 0 Å². The maximum absolute atomic E-state index is 12.7. The maximum atomic E-state index is 12.7. The third-order valence-corrected chi connectivity index (χ3v) is 11.4. The second kappa shape index (κ2) is 9.02. The summed E-state index contributed by atoms with van der Waals surface area (Å²) in [6.07, 6.45) is 3.49. The van der Waals surface area contributed by atoms with Gasteiger partial charge in [0.15, 0.2) is 0 Å². The van der Waals surface area contributed by atoms with Gasteiger partial charge in [0.1, 0.15) is 9.75 Å². The van der Waals surface area contributed by atoms with Gasteiger partial charge in [-0.3, -0.25) is 29.0 Å². The van der Waals surface area contributed by atoms with Crippen molar-refractivity contribution >= 4 is 78.4 Å². The molecule has 0 unspecified atom stereocenters. The summed E-state index contributed by atoms with van der Waals surface area (Å²) in [5, 5.41) is 0. The van der Waals surface area contributed by atoms with Crippen molar-refractivity contribution in [3.8, 4) is 19.5 Å². The molecule has 0 saturated carbocycles. The van der Waals surface area contributed by atoms with E-state index >= 15 is 0 Å². The number of nitrogens with zero attached hydrogens (tertiary/aromatic N) is 2. The van der Waals surface area contributed by atoms with Gasteiger partial charge in [0.05, 0.1) is 11.1 Å². The first-order valence-electron chi connectivity index (χ1n) is 11.9. The summed E-state index contributed by atoms with van der Waals surface area (Å²) in [4.78, 5) is 58.7. The molecular weight excluding hydrogens is 533 g/mol. The molecule has 4 amide bonds. The Labute approximate surface area is 223 Å². The van der Waals surface area contributed by atoms with Crippen LogP contribution >= 0.6 is 45.3 Å². The molecule has 0 aliphatic carbocycles. The number of amides is 4. The molecule has 0 aromatic carbocycles. The van der Waals surface area contributed by atoms with E-state index in [0.29, 0.717) is 34.0 Å². The number of hydrogen-bond donors (Lipinski definition) is 0. The van der Waals surface area contributed by atoms with Crippen molar-refractivity contribution in [1.82, 2.24) is 9.80 Å². The highest BCUT2D eigenvalue weighted by Crippen LogP contribution is 2.47. The summed E-state index contributed by atoms with van der Waals surface area (Å²) in [5.41, 5.74) is 1.04. The Morgan fingerprint density at radius 3 is 1.31 bits per heavy atom. The molecule has 6 rings (SSSR count). The molecule has 10 heteroatoms. The minimum Gasteiger partial charge on any atom is -0.274 e. The fraction of sp³-hybridized carbons (Fsp3) is 0.308. The van der Waals surface area contributed by atoms with Crippen LogP contribution in [0.2, 0.25) is 0 Å². The zero-order valence-corrected chi connectivity index (χ0v) is 23.0. The normalized spacial score (nSPS) is 15.2. The lowest BCUT2D eigenvalue weighted by Gasteiger charge is -2.12. The molecule has 0 atom stereocenters. The van der Waals surface area contributed by atoms with Gasteiger partial charge in [0.2, 0.25) is 0 Å². The summed E-state index contributed by atoms with van der Waals surface area (Å²) < 4.78 is 2.22. The average molecular weight is 555 g/mol. The highest BCUT2D eigenvalue weighted by atomic mass is 32.1. The first-order chi connectivity index (χ1) is 17.4. The fourth-order valence-electron chi connectivity index (χ4n) is 4.50. The number of fused-ring (bicyclic) bond motifs is 3. The van der Waals surface area contributed by atoms with E-state index in [4.69, 9.17) is 0 Å². The minimum atomic E-state index is -0.185. The number of unbranched alkanes of at least 4 members (excludes halogenated alkanes) is 2. The van der Waals surface area contributed by atoms with Gasteiger partial charge in [-0.25, -0.2) is 0 Å². The summed E-state index contributed by atoms with van der Waals surface area (Å²) in [6, 6.07) is 7.91. The lowest BCUT2D eigenvalue weighted by Crippen LogP contribution is -2.30. The van der Waals surface area contributed by atoms with Crippen molar-refractivity contribution in [1.29, 1.82) is 0 Å². The van der Waals surface area contributed by atoms with Crippen molar-refractivity contribution < 1.29 is 19.2 Å². The number of carbonyl (C=O) groups excluding carboxylic acids is 4. The molecule has 0 fully saturated rings. The van der Waals surface area contributed by atoms with E-state index in [1.165, 1.54) is 32.5 Å². The second-order valence-electron chi connectivity index (χ2n) is 8.89. The zero-order chi connectivity index (χ0) is 25.1. The largest absolute Gasteiger partial charge is 0.274 e. The van der Waals surface area contributed by atoms with Gasteiger partial charge in [-0.1, -0.05) is 26.7 Å². The molecule has 2 aliphatic rings. The predicted octanol–water partition coefficient (Wildman–Crippen LogP) is 7.21. The zero-order valence-electron chi connectivity index (χ0n) is 19.7. The van der Waals surface area contributed by atoms with E-state index in [0.717, 1.165) is 54.6 Å². The van der Waals surface area contributed by atoms with Crippen LogP contribution in [0.5, 0.6) is 0 Å². The number of carbonyl (C=O) groups is 4. The van der Waals surface area contributed by atoms with E-state index in [-0.39, 0.29) is 23.6 Å². The Hall–Kier alpha value is -2.66. The molecule has 36 heavy (non-hydrogen) atoms. The van der Waals surface area contributed by atoms with Crippen LogP contribution in [0.25, 0.3) is 28.9 Å². The first-order valence-corrected chi connectivity index (χ1v) is 15.2. The van der Waals surface area contributed by atoms with Gasteiger partial charge in [0, 0.05) is 42.0 Å². The van der Waals surface area contributed by atoms with Crippen molar-refractivity contribution in [2.75, 3.05) is 13.1 Å². The second-order valence-corrected chi connectivity index (χ2v) is 13.2. The van der Waals surface area contributed by atoms with Gasteiger partial charge in [-0.05, 0) is 37.1 Å². The van der Waals surface area contributed by atoms with E-state index in [2.05, 4.69) is 12.1 Å². The van der Waals surface area contributed by atoms with Crippen LogP contribution in [-0.4, -0.2) is 46.5 Å². The van der Waals surface area contributed by atoms with Crippen molar-refractivity contribution in [2.45, 2.75) is 39.5 Å². The van der Waals surface area contributed by atoms with Gasteiger partial charge < -0.3 is 0 Å². The molecular formula is C26H22N2O4S4. The Kier molecular flexibility index (Phi) is 5.94. The smallest absolute Gasteiger partial charge is 0.271 e. The van der Waals surface area contributed by atoms with E-state index in [1.807, 2.05) is 26.0 Å². The summed E-state index contributed by atoms with van der Waals surface area (Å²) in [5.74, 6) is -0.726. The minimum absolute atomic E-state index is 0.177. The molecule has 2 aliphatic heterocycles. The van der Waals surface area contributed by atoms with Crippen LogP contribution in [0, 0.1) is 0 Å². The molecule has 0 saturated heterocycles. The molecule has 6 heterocycles. The third kappa shape index (κ3) is 3.61. The molecule has 0 bridgehead atoms. The first kappa shape index (κ1) is 23.7. The lowest BCUT2D eigenvalue weighted by atomic mass is 10.2. The van der Waals surface area contributed by atoms with Crippen LogP contribution in [0.15, 0.2) is 24.3 Å². The third-order valence-electron chi connectivity index (χ3n) is 6.46. The Morgan fingerprint density at radius 1 is 0.556 bits per heavy atom. The molecule has 0 radical (unpaired) electrons. The lowest BCUT2D eigenvalue weighted by molar-refractivity contribution is 0.0638. The number of imide groups is 2. The molecule has 6 nitrogen and oxygen atoms in total. The quantitative estimate of drug-likeness (QED) is 0.216. The molecule has 0 spiro atoms. The van der Waals surface area contributed by atoms with Crippen LogP contribution < -0.4 is 0 Å². The summed E-state index contributed by atoms with van der Waals surface area (Å²) >= 11 is 6.04. The Balaban J connectivity index is 1.25. The standard InChI is InChI=1S/C26H22N2O4S4/c1-3-5-7-27-23(29)13-9-15(35-21(13)25(27)31)17-11-19-20(33-17)12-18(34-19)16-10-14-22(36-16)26(32)28(24(14)30)8-6-4-2/h9-12H,3-8H2,1-2H3. The highest BCUT2D eigenvalue weighted by Gasteiger charge is 2.39. The Morgan fingerprint density at radius 2 is 0.944 bits per heavy atom. The van der Waals surface area contributed by atoms with Crippen LogP contribution in [0.3, 0.4) is 0 Å². The maximum Gasteiger partial charge on any atom is 0.271 e. The number of hydrogen-bond acceptors (Lipinski definition) is 8. The monoisotopic (exact) mass is 554 g/mol. The highest BCUT2D eigenvalue weighted by molar-refractivity contribution is 7.33. The van der Waals surface area contributed by atoms with Gasteiger partial charge in [0.25, 0.3) is 23.6 Å². The van der Waals surface area contributed by atoms with Crippen LogP contribution in [0.4, 0.5) is 0 Å². The van der Waals surface area contributed by atoms with Gasteiger partial charge in [-0.2, -0.15) is 0 Å². The molecule has 184 valence electrons. The van der Waals surface area contributed by atoms with Crippen molar-refractivity contribution in [3.63, 3.8) is 0 Å². The number of rotatable bonds is 8.